The van der Waals surface area contributed by atoms with Crippen molar-refractivity contribution in [3.63, 3.8) is 0 Å². The molecule has 0 saturated heterocycles. The number of hydrogen-bond donors (Lipinski definition) is 0. The van der Waals surface area contributed by atoms with Crippen LogP contribution >= 0.6 is 0 Å². The van der Waals surface area contributed by atoms with E-state index in [-0.39, 0.29) is 12.6 Å². The zero-order valence-corrected chi connectivity index (χ0v) is 13.1. The van der Waals surface area contributed by atoms with Crippen molar-refractivity contribution in [3.05, 3.63) is 77.4 Å². The van der Waals surface area contributed by atoms with E-state index >= 15 is 0 Å². The average molecular weight is 324 g/mol. The Balaban J connectivity index is 1.56. The second-order valence-corrected chi connectivity index (χ2v) is 5.07. The minimum absolute atomic E-state index is 0.166. The number of carbonyl (C=O) groups excluding carboxylic acids is 1. The number of nitrogens with zero attached hydrogens (tertiary/aromatic N) is 2. The van der Waals surface area contributed by atoms with Gasteiger partial charge < -0.3 is 14.0 Å². The van der Waals surface area contributed by atoms with E-state index in [0.29, 0.717) is 29.4 Å². The lowest BCUT2D eigenvalue weighted by molar-refractivity contribution is 0.0600. The first-order valence-corrected chi connectivity index (χ1v) is 7.41. The van der Waals surface area contributed by atoms with Crippen molar-refractivity contribution >= 4 is 5.97 Å². The zero-order valence-electron chi connectivity index (χ0n) is 13.1. The first kappa shape index (κ1) is 15.7. The lowest BCUT2D eigenvalue weighted by atomic mass is 10.1. The van der Waals surface area contributed by atoms with Crippen LogP contribution in [-0.4, -0.2) is 23.2 Å². The van der Waals surface area contributed by atoms with E-state index in [1.165, 1.54) is 7.11 Å². The minimum Gasteiger partial charge on any atom is -0.484 e. The van der Waals surface area contributed by atoms with Crippen LogP contribution in [0.15, 0.2) is 59.1 Å². The molecule has 0 fully saturated rings. The van der Waals surface area contributed by atoms with Gasteiger partial charge in [-0.2, -0.15) is 4.98 Å². The fourth-order valence-electron chi connectivity index (χ4n) is 2.15. The summed E-state index contributed by atoms with van der Waals surface area (Å²) in [6.07, 6.45) is 0.609. The third-order valence-corrected chi connectivity index (χ3v) is 3.35. The second kappa shape index (κ2) is 7.41. The number of aromatic nitrogens is 2. The van der Waals surface area contributed by atoms with Crippen molar-refractivity contribution in [2.24, 2.45) is 0 Å². The van der Waals surface area contributed by atoms with Crippen molar-refractivity contribution in [3.8, 4) is 5.75 Å². The van der Waals surface area contributed by atoms with E-state index in [1.54, 1.807) is 24.3 Å². The summed E-state index contributed by atoms with van der Waals surface area (Å²) < 4.78 is 15.4. The van der Waals surface area contributed by atoms with Crippen molar-refractivity contribution in [1.29, 1.82) is 0 Å². The van der Waals surface area contributed by atoms with Crippen LogP contribution in [0.5, 0.6) is 5.75 Å². The van der Waals surface area contributed by atoms with Crippen molar-refractivity contribution in [1.82, 2.24) is 10.1 Å². The Morgan fingerprint density at radius 1 is 1.08 bits per heavy atom. The molecule has 0 spiro atoms. The molecule has 2 aromatic carbocycles. The molecule has 6 heteroatoms. The Morgan fingerprint density at radius 3 is 2.54 bits per heavy atom. The van der Waals surface area contributed by atoms with Gasteiger partial charge in [0.15, 0.2) is 12.4 Å². The van der Waals surface area contributed by atoms with Gasteiger partial charge in [0.25, 0.3) is 5.89 Å². The third kappa shape index (κ3) is 3.98. The normalized spacial score (nSPS) is 10.4. The standard InChI is InChI=1S/C18H16N2O4/c1-22-18(21)14-7-9-15(10-8-14)23-12-17-19-16(20-24-17)11-13-5-3-2-4-6-13/h2-10H,11-12H2,1H3. The van der Waals surface area contributed by atoms with Crippen molar-refractivity contribution in [2.75, 3.05) is 7.11 Å². The summed E-state index contributed by atoms with van der Waals surface area (Å²) in [5.41, 5.74) is 1.58. The van der Waals surface area contributed by atoms with Crippen LogP contribution in [0.3, 0.4) is 0 Å². The van der Waals surface area contributed by atoms with Gasteiger partial charge in [-0.3, -0.25) is 0 Å². The van der Waals surface area contributed by atoms with Gasteiger partial charge in [-0.15, -0.1) is 0 Å². The maximum Gasteiger partial charge on any atom is 0.337 e. The molecule has 3 aromatic rings. The molecular formula is C18H16N2O4. The van der Waals surface area contributed by atoms with Crippen LogP contribution in [0.1, 0.15) is 27.6 Å². The SMILES string of the molecule is COC(=O)c1ccc(OCc2nc(Cc3ccccc3)no2)cc1. The highest BCUT2D eigenvalue weighted by atomic mass is 16.5. The molecule has 3 rings (SSSR count). The average Bonchev–Trinajstić information content (AvgIpc) is 3.08. The molecule has 0 bridgehead atoms. The number of esters is 1. The predicted molar refractivity (Wildman–Crippen MR) is 85.7 cm³/mol. The summed E-state index contributed by atoms with van der Waals surface area (Å²) in [6.45, 7) is 0.166. The summed E-state index contributed by atoms with van der Waals surface area (Å²) in [4.78, 5) is 15.7. The van der Waals surface area contributed by atoms with Crippen LogP contribution in [-0.2, 0) is 17.8 Å². The fraction of sp³-hybridized carbons (Fsp3) is 0.167. The molecule has 0 unspecified atom stereocenters. The van der Waals surface area contributed by atoms with Crippen LogP contribution in [0.2, 0.25) is 0 Å². The number of benzene rings is 2. The van der Waals surface area contributed by atoms with E-state index in [2.05, 4.69) is 14.9 Å². The lowest BCUT2D eigenvalue weighted by Gasteiger charge is -2.04. The molecule has 0 atom stereocenters. The molecule has 0 N–H and O–H groups in total. The number of hydrogen-bond acceptors (Lipinski definition) is 6. The molecule has 0 aliphatic rings. The molecule has 122 valence electrons. The smallest absolute Gasteiger partial charge is 0.337 e. The first-order chi connectivity index (χ1) is 11.7. The highest BCUT2D eigenvalue weighted by Crippen LogP contribution is 2.15. The first-order valence-electron chi connectivity index (χ1n) is 7.41. The van der Waals surface area contributed by atoms with Crippen LogP contribution in [0, 0.1) is 0 Å². The van der Waals surface area contributed by atoms with Gasteiger partial charge in [0.2, 0.25) is 0 Å². The fourth-order valence-corrected chi connectivity index (χ4v) is 2.15. The quantitative estimate of drug-likeness (QED) is 0.649. The molecule has 0 amide bonds. The second-order valence-electron chi connectivity index (χ2n) is 5.07. The van der Waals surface area contributed by atoms with Gasteiger partial charge in [0.1, 0.15) is 5.75 Å². The predicted octanol–water partition coefficient (Wildman–Crippen LogP) is 3.03. The summed E-state index contributed by atoms with van der Waals surface area (Å²) in [5.74, 6) is 1.23. The number of ether oxygens (including phenoxy) is 2. The third-order valence-electron chi connectivity index (χ3n) is 3.35. The van der Waals surface area contributed by atoms with E-state index in [0.717, 1.165) is 5.56 Å². The van der Waals surface area contributed by atoms with Crippen molar-refractivity contribution < 1.29 is 18.8 Å². The maximum absolute atomic E-state index is 11.4. The van der Waals surface area contributed by atoms with Gasteiger partial charge >= 0.3 is 5.97 Å². The van der Waals surface area contributed by atoms with Crippen LogP contribution in [0.25, 0.3) is 0 Å². The highest BCUT2D eigenvalue weighted by Gasteiger charge is 2.09. The molecule has 1 aromatic heterocycles. The maximum atomic E-state index is 11.4. The molecule has 0 aliphatic carbocycles. The van der Waals surface area contributed by atoms with Gasteiger partial charge in [0.05, 0.1) is 12.7 Å². The Morgan fingerprint density at radius 2 is 1.83 bits per heavy atom. The van der Waals surface area contributed by atoms with Gasteiger partial charge in [0, 0.05) is 6.42 Å². The lowest BCUT2D eigenvalue weighted by Crippen LogP contribution is -2.01. The van der Waals surface area contributed by atoms with E-state index in [9.17, 15) is 4.79 Å². The largest absolute Gasteiger partial charge is 0.484 e. The monoisotopic (exact) mass is 324 g/mol. The summed E-state index contributed by atoms with van der Waals surface area (Å²) in [6, 6.07) is 16.6. The highest BCUT2D eigenvalue weighted by molar-refractivity contribution is 5.89. The summed E-state index contributed by atoms with van der Waals surface area (Å²) >= 11 is 0. The van der Waals surface area contributed by atoms with Crippen molar-refractivity contribution in [2.45, 2.75) is 13.0 Å². The number of rotatable bonds is 6. The Kier molecular flexibility index (Phi) is 4.86. The van der Waals surface area contributed by atoms with Gasteiger partial charge in [-0.1, -0.05) is 35.5 Å². The molecule has 1 heterocycles. The van der Waals surface area contributed by atoms with Gasteiger partial charge in [-0.05, 0) is 29.8 Å². The summed E-state index contributed by atoms with van der Waals surface area (Å²) in [7, 11) is 1.34. The number of carbonyl (C=O) groups is 1. The molecule has 24 heavy (non-hydrogen) atoms. The van der Waals surface area contributed by atoms with Crippen LogP contribution in [0.4, 0.5) is 0 Å². The molecule has 0 radical (unpaired) electrons. The van der Waals surface area contributed by atoms with E-state index in [4.69, 9.17) is 9.26 Å². The van der Waals surface area contributed by atoms with Crippen LogP contribution < -0.4 is 4.74 Å². The topological polar surface area (TPSA) is 74.5 Å². The van der Waals surface area contributed by atoms with E-state index in [1.807, 2.05) is 30.3 Å². The number of methoxy groups -OCH3 is 1. The molecule has 0 aliphatic heterocycles. The minimum atomic E-state index is -0.385. The summed E-state index contributed by atoms with van der Waals surface area (Å²) in [5, 5.41) is 3.94. The van der Waals surface area contributed by atoms with E-state index < -0.39 is 0 Å². The molecule has 6 nitrogen and oxygen atoms in total. The molecular weight excluding hydrogens is 308 g/mol. The Bertz CT molecular complexity index is 797. The zero-order chi connectivity index (χ0) is 16.8. The Hall–Kier alpha value is -3.15. The Labute approximate surface area is 139 Å². The molecule has 0 saturated carbocycles. The van der Waals surface area contributed by atoms with Gasteiger partial charge in [-0.25, -0.2) is 4.79 Å².